The fourth-order valence-corrected chi connectivity index (χ4v) is 4.96. The zero-order valence-electron chi connectivity index (χ0n) is 21.5. The first-order chi connectivity index (χ1) is 18.4. The maximum absolute atomic E-state index is 13.1. The summed E-state index contributed by atoms with van der Waals surface area (Å²) in [5.41, 5.74) is 5.97. The van der Waals surface area contributed by atoms with Gasteiger partial charge in [-0.15, -0.1) is 0 Å². The number of pyridine rings is 1. The van der Waals surface area contributed by atoms with E-state index in [1.807, 2.05) is 61.5 Å². The second-order valence-electron chi connectivity index (χ2n) is 9.51. The summed E-state index contributed by atoms with van der Waals surface area (Å²) in [6.45, 7) is 7.14. The van der Waals surface area contributed by atoms with Gasteiger partial charge in [0.2, 0.25) is 5.95 Å². The summed E-state index contributed by atoms with van der Waals surface area (Å²) >= 11 is 3.61. The highest BCUT2D eigenvalue weighted by molar-refractivity contribution is 9.10. The highest BCUT2D eigenvalue weighted by Crippen LogP contribution is 2.26. The lowest BCUT2D eigenvalue weighted by atomic mass is 10.1. The largest absolute Gasteiger partial charge is 0.324 e. The van der Waals surface area contributed by atoms with Crippen LogP contribution < -0.4 is 10.6 Å². The molecule has 194 valence electrons. The Labute approximate surface area is 231 Å². The molecule has 0 atom stereocenters. The van der Waals surface area contributed by atoms with E-state index in [1.54, 1.807) is 18.6 Å². The number of piperazine rings is 1. The topological polar surface area (TPSA) is 86.3 Å². The van der Waals surface area contributed by atoms with E-state index in [1.165, 1.54) is 5.56 Å². The number of halogens is 1. The van der Waals surface area contributed by atoms with Crippen LogP contribution in [-0.4, -0.2) is 63.9 Å². The number of benzene rings is 2. The molecule has 0 radical (unpaired) electrons. The zero-order chi connectivity index (χ0) is 26.5. The van der Waals surface area contributed by atoms with Crippen molar-refractivity contribution >= 4 is 39.2 Å². The standard InChI is InChI=1S/C29H30BrN7O/c1-20-5-7-23(17-27(20)35-29-32-11-9-26(34-29)22-4-3-10-31-18-22)33-28(38)24-8-6-21(16-25(24)30)19-37-14-12-36(2)13-15-37/h3-11,16-18H,12-15,19H2,1-2H3,(H,33,38)(H,32,34,35). The molecule has 9 heteroatoms. The molecule has 0 saturated carbocycles. The molecule has 38 heavy (non-hydrogen) atoms. The van der Waals surface area contributed by atoms with Crippen LogP contribution in [0.5, 0.6) is 0 Å². The molecule has 2 aromatic heterocycles. The number of nitrogens with zero attached hydrogens (tertiary/aromatic N) is 5. The molecule has 0 aliphatic carbocycles. The fourth-order valence-electron chi connectivity index (χ4n) is 4.35. The quantitative estimate of drug-likeness (QED) is 0.309. The van der Waals surface area contributed by atoms with Crippen molar-refractivity contribution in [2.45, 2.75) is 13.5 Å². The van der Waals surface area contributed by atoms with E-state index in [4.69, 9.17) is 0 Å². The summed E-state index contributed by atoms with van der Waals surface area (Å²) < 4.78 is 0.785. The van der Waals surface area contributed by atoms with Gasteiger partial charge in [-0.25, -0.2) is 9.97 Å². The average molecular weight is 573 g/mol. The zero-order valence-corrected chi connectivity index (χ0v) is 23.1. The van der Waals surface area contributed by atoms with E-state index >= 15 is 0 Å². The molecule has 2 N–H and O–H groups in total. The SMILES string of the molecule is Cc1ccc(NC(=O)c2ccc(CN3CCN(C)CC3)cc2Br)cc1Nc1nccc(-c2cccnc2)n1. The highest BCUT2D eigenvalue weighted by atomic mass is 79.9. The van der Waals surface area contributed by atoms with Crippen LogP contribution in [0.1, 0.15) is 21.5 Å². The molecule has 4 aromatic rings. The van der Waals surface area contributed by atoms with Gasteiger partial charge in [-0.2, -0.15) is 0 Å². The van der Waals surface area contributed by atoms with Crippen molar-refractivity contribution < 1.29 is 4.79 Å². The number of aryl methyl sites for hydroxylation is 1. The predicted octanol–water partition coefficient (Wildman–Crippen LogP) is 5.35. The molecule has 1 aliphatic rings. The second kappa shape index (κ2) is 11.8. The Hall–Kier alpha value is -3.66. The third kappa shape index (κ3) is 6.42. The van der Waals surface area contributed by atoms with Gasteiger partial charge in [0.1, 0.15) is 0 Å². The van der Waals surface area contributed by atoms with Crippen LogP contribution in [0.2, 0.25) is 0 Å². The number of rotatable bonds is 7. The highest BCUT2D eigenvalue weighted by Gasteiger charge is 2.16. The van der Waals surface area contributed by atoms with Gasteiger partial charge >= 0.3 is 0 Å². The first-order valence-electron chi connectivity index (χ1n) is 12.6. The number of anilines is 3. The molecule has 3 heterocycles. The lowest BCUT2D eigenvalue weighted by molar-refractivity contribution is 0.102. The Morgan fingerprint density at radius 3 is 2.63 bits per heavy atom. The summed E-state index contributed by atoms with van der Waals surface area (Å²) in [5.74, 6) is 0.296. The molecule has 1 amide bonds. The second-order valence-corrected chi connectivity index (χ2v) is 10.4. The molecule has 8 nitrogen and oxygen atoms in total. The van der Waals surface area contributed by atoms with Crippen LogP contribution in [0.3, 0.4) is 0 Å². The Bertz CT molecular complexity index is 1420. The monoisotopic (exact) mass is 571 g/mol. The van der Waals surface area contributed by atoms with Gasteiger partial charge < -0.3 is 15.5 Å². The van der Waals surface area contributed by atoms with Crippen molar-refractivity contribution in [2.75, 3.05) is 43.9 Å². The summed E-state index contributed by atoms with van der Waals surface area (Å²) in [4.78, 5) is 31.1. The molecular weight excluding hydrogens is 542 g/mol. The normalized spacial score (nSPS) is 14.3. The van der Waals surface area contributed by atoms with Gasteiger partial charge in [0, 0.05) is 72.7 Å². The minimum atomic E-state index is -0.173. The summed E-state index contributed by atoms with van der Waals surface area (Å²) in [6, 6.07) is 17.4. The van der Waals surface area contributed by atoms with Crippen molar-refractivity contribution in [3.05, 3.63) is 94.4 Å². The summed E-state index contributed by atoms with van der Waals surface area (Å²) in [6.07, 6.45) is 5.21. The minimum absolute atomic E-state index is 0.173. The molecule has 0 bridgehead atoms. The third-order valence-electron chi connectivity index (χ3n) is 6.63. The van der Waals surface area contributed by atoms with Crippen LogP contribution in [0.4, 0.5) is 17.3 Å². The Balaban J connectivity index is 1.26. The van der Waals surface area contributed by atoms with Crippen LogP contribution in [-0.2, 0) is 6.54 Å². The first kappa shape index (κ1) is 26.0. The van der Waals surface area contributed by atoms with Crippen LogP contribution >= 0.6 is 15.9 Å². The van der Waals surface area contributed by atoms with Gasteiger partial charge in [-0.1, -0.05) is 12.1 Å². The lowest BCUT2D eigenvalue weighted by Crippen LogP contribution is -2.43. The van der Waals surface area contributed by atoms with Crippen molar-refractivity contribution in [1.29, 1.82) is 0 Å². The maximum Gasteiger partial charge on any atom is 0.256 e. The van der Waals surface area contributed by atoms with Gasteiger partial charge in [0.05, 0.1) is 11.3 Å². The van der Waals surface area contributed by atoms with Crippen molar-refractivity contribution in [3.63, 3.8) is 0 Å². The molecule has 2 aromatic carbocycles. The molecule has 1 fully saturated rings. The van der Waals surface area contributed by atoms with E-state index in [0.29, 0.717) is 17.2 Å². The molecule has 1 saturated heterocycles. The minimum Gasteiger partial charge on any atom is -0.324 e. The van der Waals surface area contributed by atoms with E-state index in [2.05, 4.69) is 58.4 Å². The van der Waals surface area contributed by atoms with Crippen molar-refractivity contribution in [2.24, 2.45) is 0 Å². The number of hydrogen-bond donors (Lipinski definition) is 2. The van der Waals surface area contributed by atoms with Crippen LogP contribution in [0, 0.1) is 6.92 Å². The van der Waals surface area contributed by atoms with Gasteiger partial charge in [0.15, 0.2) is 0 Å². The number of carbonyl (C=O) groups excluding carboxylic acids is 1. The third-order valence-corrected chi connectivity index (χ3v) is 7.29. The number of amides is 1. The lowest BCUT2D eigenvalue weighted by Gasteiger charge is -2.32. The van der Waals surface area contributed by atoms with E-state index in [-0.39, 0.29) is 5.91 Å². The average Bonchev–Trinajstić information content (AvgIpc) is 2.92. The van der Waals surface area contributed by atoms with Crippen molar-refractivity contribution in [1.82, 2.24) is 24.8 Å². The predicted molar refractivity (Wildman–Crippen MR) is 155 cm³/mol. The summed E-state index contributed by atoms with van der Waals surface area (Å²) in [7, 11) is 2.16. The van der Waals surface area contributed by atoms with Gasteiger partial charge in [-0.05, 0) is 83.5 Å². The molecule has 5 rings (SSSR count). The van der Waals surface area contributed by atoms with E-state index in [0.717, 1.165) is 59.7 Å². The van der Waals surface area contributed by atoms with Crippen LogP contribution in [0.15, 0.2) is 77.7 Å². The smallest absolute Gasteiger partial charge is 0.256 e. The Morgan fingerprint density at radius 2 is 1.87 bits per heavy atom. The summed E-state index contributed by atoms with van der Waals surface area (Å²) in [5, 5.41) is 6.31. The number of carbonyl (C=O) groups is 1. The maximum atomic E-state index is 13.1. The van der Waals surface area contributed by atoms with Crippen molar-refractivity contribution in [3.8, 4) is 11.3 Å². The number of hydrogen-bond acceptors (Lipinski definition) is 7. The van der Waals surface area contributed by atoms with E-state index in [9.17, 15) is 4.79 Å². The number of aromatic nitrogens is 3. The first-order valence-corrected chi connectivity index (χ1v) is 13.4. The molecule has 1 aliphatic heterocycles. The van der Waals surface area contributed by atoms with Gasteiger partial charge in [0.25, 0.3) is 5.91 Å². The van der Waals surface area contributed by atoms with Crippen LogP contribution in [0.25, 0.3) is 11.3 Å². The number of nitrogens with one attached hydrogen (secondary N) is 2. The Kier molecular flexibility index (Phi) is 8.07. The fraction of sp³-hybridized carbons (Fsp3) is 0.241. The molecular formula is C29H30BrN7O. The van der Waals surface area contributed by atoms with Gasteiger partial charge in [-0.3, -0.25) is 14.7 Å². The number of likely N-dealkylation sites (N-methyl/N-ethyl adjacent to an activating group) is 1. The van der Waals surface area contributed by atoms with E-state index < -0.39 is 0 Å². The molecule has 0 spiro atoms. The Morgan fingerprint density at radius 1 is 1.03 bits per heavy atom. The molecule has 0 unspecified atom stereocenters.